The second kappa shape index (κ2) is 5.04. The predicted molar refractivity (Wildman–Crippen MR) is 77.2 cm³/mol. The molecule has 0 spiro atoms. The fourth-order valence-electron chi connectivity index (χ4n) is 3.83. The maximum Gasteiger partial charge on any atom is 0.198 e. The molecule has 1 fully saturated rings. The van der Waals surface area contributed by atoms with Crippen LogP contribution in [0.3, 0.4) is 0 Å². The average Bonchev–Trinajstić information content (AvgIpc) is 2.51. The Balaban J connectivity index is 2.06. The lowest BCUT2D eigenvalue weighted by Crippen LogP contribution is -2.61. The van der Waals surface area contributed by atoms with Gasteiger partial charge in [0.05, 0.1) is 0 Å². The van der Waals surface area contributed by atoms with Crippen molar-refractivity contribution in [3.63, 3.8) is 0 Å². The van der Waals surface area contributed by atoms with Gasteiger partial charge in [0.15, 0.2) is 23.3 Å². The SMILES string of the molecule is CC1CCCC([C@]2(O)C(=O)c3ccccc3C(=O)[C@H]2O)C1. The van der Waals surface area contributed by atoms with E-state index in [0.717, 1.165) is 12.8 Å². The smallest absolute Gasteiger partial charge is 0.198 e. The summed E-state index contributed by atoms with van der Waals surface area (Å²) in [6.45, 7) is 2.07. The number of hydrogen-bond acceptors (Lipinski definition) is 4. The first-order chi connectivity index (χ1) is 9.96. The standard InChI is InChI=1S/C17H20O4/c1-10-5-4-6-11(9-10)17(21)15(19)13-8-3-2-7-12(13)14(18)16(17)20/h2-3,7-8,10-11,16,20-21H,4-6,9H2,1H3/t10?,11?,16-,17+/m1/s1. The van der Waals surface area contributed by atoms with Gasteiger partial charge in [-0.25, -0.2) is 0 Å². The van der Waals surface area contributed by atoms with Gasteiger partial charge in [-0.15, -0.1) is 0 Å². The number of carbonyl (C=O) groups is 2. The van der Waals surface area contributed by atoms with E-state index in [-0.39, 0.29) is 17.0 Å². The average molecular weight is 288 g/mol. The molecule has 3 rings (SSSR count). The van der Waals surface area contributed by atoms with Crippen LogP contribution in [0.2, 0.25) is 0 Å². The highest BCUT2D eigenvalue weighted by molar-refractivity contribution is 6.20. The zero-order chi connectivity index (χ0) is 15.2. The van der Waals surface area contributed by atoms with Crippen LogP contribution in [0.5, 0.6) is 0 Å². The third-order valence-corrected chi connectivity index (χ3v) is 5.02. The minimum atomic E-state index is -1.97. The summed E-state index contributed by atoms with van der Waals surface area (Å²) < 4.78 is 0. The first kappa shape index (κ1) is 14.4. The lowest BCUT2D eigenvalue weighted by molar-refractivity contribution is -0.0841. The zero-order valence-electron chi connectivity index (χ0n) is 12.1. The number of aliphatic hydroxyl groups excluding tert-OH is 1. The molecule has 0 saturated heterocycles. The first-order valence-corrected chi connectivity index (χ1v) is 7.54. The Morgan fingerprint density at radius 1 is 1.14 bits per heavy atom. The molecule has 1 aromatic carbocycles. The van der Waals surface area contributed by atoms with E-state index in [1.165, 1.54) is 6.07 Å². The van der Waals surface area contributed by atoms with E-state index >= 15 is 0 Å². The molecule has 112 valence electrons. The summed E-state index contributed by atoms with van der Waals surface area (Å²) in [6.07, 6.45) is 1.63. The van der Waals surface area contributed by atoms with Crippen LogP contribution >= 0.6 is 0 Å². The largest absolute Gasteiger partial charge is 0.381 e. The number of aliphatic hydroxyl groups is 2. The molecule has 0 aromatic heterocycles. The van der Waals surface area contributed by atoms with Crippen LogP contribution in [0.25, 0.3) is 0 Å². The minimum Gasteiger partial charge on any atom is -0.381 e. The second-order valence-electron chi connectivity index (χ2n) is 6.44. The van der Waals surface area contributed by atoms with E-state index in [1.54, 1.807) is 18.2 Å². The predicted octanol–water partition coefficient (Wildman–Crippen LogP) is 1.98. The van der Waals surface area contributed by atoms with Crippen LogP contribution in [0, 0.1) is 11.8 Å². The van der Waals surface area contributed by atoms with Gasteiger partial charge < -0.3 is 10.2 Å². The molecule has 2 unspecified atom stereocenters. The van der Waals surface area contributed by atoms with Gasteiger partial charge in [0, 0.05) is 11.1 Å². The van der Waals surface area contributed by atoms with Crippen molar-refractivity contribution in [1.29, 1.82) is 0 Å². The number of rotatable bonds is 1. The fourth-order valence-corrected chi connectivity index (χ4v) is 3.83. The maximum atomic E-state index is 12.7. The van der Waals surface area contributed by atoms with Crippen molar-refractivity contribution < 1.29 is 19.8 Å². The quantitative estimate of drug-likeness (QED) is 0.828. The molecule has 0 heterocycles. The van der Waals surface area contributed by atoms with Gasteiger partial charge in [-0.1, -0.05) is 44.0 Å². The molecule has 0 aliphatic heterocycles. The van der Waals surface area contributed by atoms with Crippen LogP contribution < -0.4 is 0 Å². The Kier molecular flexibility index (Phi) is 3.46. The van der Waals surface area contributed by atoms with Crippen molar-refractivity contribution in [3.8, 4) is 0 Å². The van der Waals surface area contributed by atoms with E-state index < -0.39 is 23.3 Å². The lowest BCUT2D eigenvalue weighted by atomic mass is 9.64. The number of Topliss-reactive ketones (excluding diaryl/α,β-unsaturated/α-hetero) is 2. The van der Waals surface area contributed by atoms with Crippen molar-refractivity contribution in [2.75, 3.05) is 0 Å². The topological polar surface area (TPSA) is 74.6 Å². The molecule has 1 aromatic rings. The third-order valence-electron chi connectivity index (χ3n) is 5.02. The molecule has 0 amide bonds. The number of benzene rings is 1. The summed E-state index contributed by atoms with van der Waals surface area (Å²) in [5, 5.41) is 21.3. The first-order valence-electron chi connectivity index (χ1n) is 7.54. The summed E-state index contributed by atoms with van der Waals surface area (Å²) >= 11 is 0. The Morgan fingerprint density at radius 2 is 1.81 bits per heavy atom. The number of carbonyl (C=O) groups excluding carboxylic acids is 2. The molecule has 4 nitrogen and oxygen atoms in total. The van der Waals surface area contributed by atoms with Gasteiger partial charge in [-0.2, -0.15) is 0 Å². The number of hydrogen-bond donors (Lipinski definition) is 2. The zero-order valence-corrected chi connectivity index (χ0v) is 12.1. The van der Waals surface area contributed by atoms with E-state index in [1.807, 2.05) is 0 Å². The van der Waals surface area contributed by atoms with Gasteiger partial charge in [-0.05, 0) is 24.7 Å². The lowest BCUT2D eigenvalue weighted by Gasteiger charge is -2.43. The summed E-state index contributed by atoms with van der Waals surface area (Å²) in [4.78, 5) is 25.1. The van der Waals surface area contributed by atoms with Crippen LogP contribution in [-0.4, -0.2) is 33.5 Å². The van der Waals surface area contributed by atoms with Crippen LogP contribution in [0.15, 0.2) is 24.3 Å². The maximum absolute atomic E-state index is 12.7. The monoisotopic (exact) mass is 288 g/mol. The highest BCUT2D eigenvalue weighted by atomic mass is 16.4. The minimum absolute atomic E-state index is 0.212. The Labute approximate surface area is 123 Å². The molecule has 1 saturated carbocycles. The normalized spacial score (nSPS) is 36.4. The second-order valence-corrected chi connectivity index (χ2v) is 6.44. The van der Waals surface area contributed by atoms with Gasteiger partial charge >= 0.3 is 0 Å². The summed E-state index contributed by atoms with van der Waals surface area (Å²) in [6, 6.07) is 6.41. The highest BCUT2D eigenvalue weighted by Crippen LogP contribution is 2.42. The summed E-state index contributed by atoms with van der Waals surface area (Å²) in [7, 11) is 0. The molecule has 4 heteroatoms. The molecule has 21 heavy (non-hydrogen) atoms. The van der Waals surface area contributed by atoms with Crippen molar-refractivity contribution in [1.82, 2.24) is 0 Å². The van der Waals surface area contributed by atoms with Crippen LogP contribution in [0.4, 0.5) is 0 Å². The van der Waals surface area contributed by atoms with Crippen LogP contribution in [-0.2, 0) is 0 Å². The number of ketones is 2. The Morgan fingerprint density at radius 3 is 2.48 bits per heavy atom. The Bertz CT molecular complexity index is 594. The fraction of sp³-hybridized carbons (Fsp3) is 0.529. The van der Waals surface area contributed by atoms with E-state index in [9.17, 15) is 19.8 Å². The molecular formula is C17H20O4. The van der Waals surface area contributed by atoms with E-state index in [0.29, 0.717) is 18.8 Å². The third kappa shape index (κ3) is 2.05. The molecule has 0 radical (unpaired) electrons. The van der Waals surface area contributed by atoms with E-state index in [2.05, 4.69) is 6.92 Å². The van der Waals surface area contributed by atoms with Crippen molar-refractivity contribution in [3.05, 3.63) is 35.4 Å². The molecular weight excluding hydrogens is 268 g/mol. The van der Waals surface area contributed by atoms with Crippen molar-refractivity contribution in [2.24, 2.45) is 11.8 Å². The van der Waals surface area contributed by atoms with Gasteiger partial charge in [-0.3, -0.25) is 9.59 Å². The van der Waals surface area contributed by atoms with Gasteiger partial charge in [0.1, 0.15) is 0 Å². The molecule has 2 N–H and O–H groups in total. The van der Waals surface area contributed by atoms with Crippen molar-refractivity contribution in [2.45, 2.75) is 44.3 Å². The molecule has 4 atom stereocenters. The van der Waals surface area contributed by atoms with Crippen LogP contribution in [0.1, 0.15) is 53.3 Å². The van der Waals surface area contributed by atoms with Crippen molar-refractivity contribution >= 4 is 11.6 Å². The molecule has 2 aliphatic rings. The van der Waals surface area contributed by atoms with Gasteiger partial charge in [0.25, 0.3) is 0 Å². The number of fused-ring (bicyclic) bond motifs is 1. The summed E-state index contributed by atoms with van der Waals surface area (Å²) in [5.74, 6) is -1.03. The molecule has 2 aliphatic carbocycles. The van der Waals surface area contributed by atoms with E-state index in [4.69, 9.17) is 0 Å². The summed E-state index contributed by atoms with van der Waals surface area (Å²) in [5.41, 5.74) is -1.53. The highest BCUT2D eigenvalue weighted by Gasteiger charge is 2.56. The Hall–Kier alpha value is -1.52. The van der Waals surface area contributed by atoms with Gasteiger partial charge in [0.2, 0.25) is 0 Å². The molecule has 0 bridgehead atoms.